The summed E-state index contributed by atoms with van der Waals surface area (Å²) in [5.41, 5.74) is 4.09. The molecule has 1 N–H and O–H groups in total. The number of phenols is 1. The van der Waals surface area contributed by atoms with Crippen molar-refractivity contribution in [2.24, 2.45) is 0 Å². The van der Waals surface area contributed by atoms with Crippen LogP contribution in [0.3, 0.4) is 0 Å². The van der Waals surface area contributed by atoms with E-state index in [4.69, 9.17) is 9.47 Å². The Labute approximate surface area is 148 Å². The Kier molecular flexibility index (Phi) is 4.94. The lowest BCUT2D eigenvalue weighted by Gasteiger charge is -2.21. The molecule has 0 amide bonds. The summed E-state index contributed by atoms with van der Waals surface area (Å²) < 4.78 is 12.1. The molecule has 3 heteroatoms. The average molecular weight is 334 g/mol. The van der Waals surface area contributed by atoms with E-state index in [0.29, 0.717) is 5.75 Å². The molecule has 0 aliphatic rings. The van der Waals surface area contributed by atoms with Gasteiger partial charge < -0.3 is 14.6 Å². The fraction of sp³-hybridized carbons (Fsp3) is 0.182. The van der Waals surface area contributed by atoms with Crippen LogP contribution in [0.4, 0.5) is 0 Å². The molecule has 1 unspecified atom stereocenters. The molecule has 3 rings (SSSR count). The van der Waals surface area contributed by atoms with Crippen molar-refractivity contribution in [2.45, 2.75) is 27.1 Å². The summed E-state index contributed by atoms with van der Waals surface area (Å²) >= 11 is 0. The van der Waals surface area contributed by atoms with Gasteiger partial charge in [0.1, 0.15) is 17.2 Å². The van der Waals surface area contributed by atoms with Gasteiger partial charge in [0.25, 0.3) is 6.29 Å². The quantitative estimate of drug-likeness (QED) is 0.628. The van der Waals surface area contributed by atoms with E-state index in [1.165, 1.54) is 5.56 Å². The molecule has 3 aromatic rings. The van der Waals surface area contributed by atoms with Crippen molar-refractivity contribution in [1.29, 1.82) is 0 Å². The summed E-state index contributed by atoms with van der Waals surface area (Å²) in [6.07, 6.45) is -0.606. The average Bonchev–Trinajstić information content (AvgIpc) is 2.61. The SMILES string of the molecule is Cc1ccc(OC(Oc2ccc(C)c(O)c2)c2ccccc2)cc1C. The largest absolute Gasteiger partial charge is 0.508 e. The van der Waals surface area contributed by atoms with E-state index in [0.717, 1.165) is 22.4 Å². The number of rotatable bonds is 5. The first kappa shape index (κ1) is 16.9. The molecule has 0 saturated carbocycles. The maximum absolute atomic E-state index is 9.92. The molecule has 0 saturated heterocycles. The minimum Gasteiger partial charge on any atom is -0.508 e. The van der Waals surface area contributed by atoms with Crippen molar-refractivity contribution < 1.29 is 14.6 Å². The fourth-order valence-corrected chi connectivity index (χ4v) is 2.47. The van der Waals surface area contributed by atoms with Gasteiger partial charge in [-0.05, 0) is 55.7 Å². The Morgan fingerprint density at radius 2 is 1.28 bits per heavy atom. The molecule has 25 heavy (non-hydrogen) atoms. The number of phenolic OH excluding ortho intramolecular Hbond substituents is 1. The number of ether oxygens (including phenoxy) is 2. The van der Waals surface area contributed by atoms with E-state index >= 15 is 0 Å². The van der Waals surface area contributed by atoms with Crippen LogP contribution in [0.15, 0.2) is 66.7 Å². The van der Waals surface area contributed by atoms with Crippen molar-refractivity contribution >= 4 is 0 Å². The summed E-state index contributed by atoms with van der Waals surface area (Å²) in [5.74, 6) is 1.50. The highest BCUT2D eigenvalue weighted by molar-refractivity contribution is 5.39. The van der Waals surface area contributed by atoms with Crippen molar-refractivity contribution in [1.82, 2.24) is 0 Å². The molecule has 0 bridgehead atoms. The third-order valence-corrected chi connectivity index (χ3v) is 4.22. The van der Waals surface area contributed by atoms with E-state index in [-0.39, 0.29) is 5.75 Å². The second kappa shape index (κ2) is 7.31. The number of aryl methyl sites for hydroxylation is 3. The van der Waals surface area contributed by atoms with E-state index in [1.807, 2.05) is 67.6 Å². The summed E-state index contributed by atoms with van der Waals surface area (Å²) in [7, 11) is 0. The first-order valence-electron chi connectivity index (χ1n) is 8.28. The Hall–Kier alpha value is -2.94. The summed E-state index contributed by atoms with van der Waals surface area (Å²) in [6.45, 7) is 5.97. The first-order chi connectivity index (χ1) is 12.0. The van der Waals surface area contributed by atoms with Crippen molar-refractivity contribution in [2.75, 3.05) is 0 Å². The lowest BCUT2D eigenvalue weighted by atomic mass is 10.1. The zero-order valence-electron chi connectivity index (χ0n) is 14.7. The Morgan fingerprint density at radius 3 is 1.88 bits per heavy atom. The predicted octanol–water partition coefficient (Wildman–Crippen LogP) is 5.47. The van der Waals surface area contributed by atoms with Crippen LogP contribution in [0.2, 0.25) is 0 Å². The topological polar surface area (TPSA) is 38.7 Å². The van der Waals surface area contributed by atoms with E-state index in [2.05, 4.69) is 13.8 Å². The molecular weight excluding hydrogens is 312 g/mol. The molecular formula is C22H22O3. The maximum atomic E-state index is 9.92. The highest BCUT2D eigenvalue weighted by Gasteiger charge is 2.16. The number of benzene rings is 3. The monoisotopic (exact) mass is 334 g/mol. The van der Waals surface area contributed by atoms with Gasteiger partial charge in [-0.3, -0.25) is 0 Å². The lowest BCUT2D eigenvalue weighted by Crippen LogP contribution is -2.15. The van der Waals surface area contributed by atoms with Crippen LogP contribution in [0.1, 0.15) is 28.5 Å². The van der Waals surface area contributed by atoms with Crippen LogP contribution in [-0.2, 0) is 0 Å². The summed E-state index contributed by atoms with van der Waals surface area (Å²) in [5, 5.41) is 9.92. The van der Waals surface area contributed by atoms with Crippen LogP contribution in [0, 0.1) is 20.8 Å². The van der Waals surface area contributed by atoms with Gasteiger partial charge in [-0.25, -0.2) is 0 Å². The molecule has 128 valence electrons. The molecule has 0 aromatic heterocycles. The zero-order valence-corrected chi connectivity index (χ0v) is 14.7. The van der Waals surface area contributed by atoms with Crippen molar-refractivity contribution in [3.63, 3.8) is 0 Å². The molecule has 0 radical (unpaired) electrons. The standard InChI is InChI=1S/C22H22O3/c1-15-9-11-19(13-17(15)3)24-22(18-7-5-4-6-8-18)25-20-12-10-16(2)21(23)14-20/h4-14,22-23H,1-3H3. The molecule has 1 atom stereocenters. The van der Waals surface area contributed by atoms with Gasteiger partial charge in [-0.15, -0.1) is 0 Å². The maximum Gasteiger partial charge on any atom is 0.267 e. The molecule has 0 spiro atoms. The van der Waals surface area contributed by atoms with Gasteiger partial charge in [0.05, 0.1) is 0 Å². The van der Waals surface area contributed by atoms with Crippen LogP contribution in [0.25, 0.3) is 0 Å². The van der Waals surface area contributed by atoms with E-state index < -0.39 is 6.29 Å². The Bertz CT molecular complexity index is 803. The second-order valence-electron chi connectivity index (χ2n) is 6.17. The normalized spacial score (nSPS) is 11.8. The number of hydrogen-bond acceptors (Lipinski definition) is 3. The zero-order chi connectivity index (χ0) is 17.8. The molecule has 0 aliphatic carbocycles. The third kappa shape index (κ3) is 4.13. The van der Waals surface area contributed by atoms with E-state index in [9.17, 15) is 5.11 Å². The Balaban J connectivity index is 1.89. The second-order valence-corrected chi connectivity index (χ2v) is 6.17. The predicted molar refractivity (Wildman–Crippen MR) is 99.2 cm³/mol. The van der Waals surface area contributed by atoms with Gasteiger partial charge in [-0.1, -0.05) is 42.5 Å². The first-order valence-corrected chi connectivity index (χ1v) is 8.28. The minimum absolute atomic E-state index is 0.204. The fourth-order valence-electron chi connectivity index (χ4n) is 2.47. The van der Waals surface area contributed by atoms with Crippen LogP contribution >= 0.6 is 0 Å². The van der Waals surface area contributed by atoms with Gasteiger partial charge in [0.15, 0.2) is 0 Å². The number of hydrogen-bond donors (Lipinski definition) is 1. The number of aromatic hydroxyl groups is 1. The summed E-state index contributed by atoms with van der Waals surface area (Å²) in [6, 6.07) is 21.0. The minimum atomic E-state index is -0.606. The highest BCUT2D eigenvalue weighted by atomic mass is 16.7. The van der Waals surface area contributed by atoms with Crippen LogP contribution < -0.4 is 9.47 Å². The third-order valence-electron chi connectivity index (χ3n) is 4.22. The van der Waals surface area contributed by atoms with Crippen molar-refractivity contribution in [3.05, 3.63) is 89.0 Å². The molecule has 0 heterocycles. The molecule has 3 aromatic carbocycles. The van der Waals surface area contributed by atoms with Gasteiger partial charge in [0.2, 0.25) is 0 Å². The summed E-state index contributed by atoms with van der Waals surface area (Å²) in [4.78, 5) is 0. The molecule has 0 fully saturated rings. The van der Waals surface area contributed by atoms with Crippen LogP contribution in [-0.4, -0.2) is 5.11 Å². The van der Waals surface area contributed by atoms with Crippen molar-refractivity contribution in [3.8, 4) is 17.2 Å². The van der Waals surface area contributed by atoms with E-state index in [1.54, 1.807) is 6.07 Å². The smallest absolute Gasteiger partial charge is 0.267 e. The molecule has 3 nitrogen and oxygen atoms in total. The Morgan fingerprint density at radius 1 is 0.680 bits per heavy atom. The van der Waals surface area contributed by atoms with Gasteiger partial charge >= 0.3 is 0 Å². The van der Waals surface area contributed by atoms with Gasteiger partial charge in [0, 0.05) is 11.6 Å². The van der Waals surface area contributed by atoms with Gasteiger partial charge in [-0.2, -0.15) is 0 Å². The van der Waals surface area contributed by atoms with Crippen LogP contribution in [0.5, 0.6) is 17.2 Å². The molecule has 0 aliphatic heterocycles. The lowest BCUT2D eigenvalue weighted by molar-refractivity contribution is 0.00364. The highest BCUT2D eigenvalue weighted by Crippen LogP contribution is 2.29.